The summed E-state index contributed by atoms with van der Waals surface area (Å²) in [5.74, 6) is -0.201. The summed E-state index contributed by atoms with van der Waals surface area (Å²) in [5.41, 5.74) is 0.358. The first kappa shape index (κ1) is 14.9. The topological polar surface area (TPSA) is 62.2 Å². The van der Waals surface area contributed by atoms with Crippen LogP contribution in [-0.2, 0) is 0 Å². The predicted octanol–water partition coefficient (Wildman–Crippen LogP) is 2.26. The molecule has 0 saturated heterocycles. The van der Waals surface area contributed by atoms with E-state index in [9.17, 15) is 4.79 Å². The molecular weight excluding hydrogens is 252 g/mol. The van der Waals surface area contributed by atoms with Crippen LogP contribution in [0.2, 0.25) is 5.15 Å². The zero-order valence-electron chi connectivity index (χ0n) is 10.9. The lowest BCUT2D eigenvalue weighted by Crippen LogP contribution is -2.44. The van der Waals surface area contributed by atoms with Crippen molar-refractivity contribution in [3.63, 3.8) is 0 Å². The minimum absolute atomic E-state index is 0.0410. The van der Waals surface area contributed by atoms with Crippen LogP contribution in [-0.4, -0.2) is 28.6 Å². The molecule has 1 aromatic rings. The van der Waals surface area contributed by atoms with Gasteiger partial charge in [0.25, 0.3) is 5.91 Å². The number of aliphatic hydroxyl groups excluding tert-OH is 1. The number of nitrogens with zero attached hydrogens (tertiary/aromatic N) is 1. The fourth-order valence-electron chi connectivity index (χ4n) is 1.64. The molecule has 1 rings (SSSR count). The highest BCUT2D eigenvalue weighted by Gasteiger charge is 2.26. The van der Waals surface area contributed by atoms with Gasteiger partial charge in [0, 0.05) is 24.4 Å². The first-order valence-electron chi connectivity index (χ1n) is 5.88. The third-order valence-corrected chi connectivity index (χ3v) is 2.96. The van der Waals surface area contributed by atoms with Crippen LogP contribution in [0.4, 0.5) is 0 Å². The van der Waals surface area contributed by atoms with E-state index in [-0.39, 0.29) is 29.1 Å². The van der Waals surface area contributed by atoms with Crippen molar-refractivity contribution in [2.24, 2.45) is 5.41 Å². The lowest BCUT2D eigenvalue weighted by molar-refractivity contribution is 0.0885. The van der Waals surface area contributed by atoms with Crippen LogP contribution >= 0.6 is 11.6 Å². The Morgan fingerprint density at radius 3 is 2.72 bits per heavy atom. The largest absolute Gasteiger partial charge is 0.396 e. The molecule has 1 unspecified atom stereocenters. The normalized spacial score (nSPS) is 13.2. The van der Waals surface area contributed by atoms with Crippen molar-refractivity contribution < 1.29 is 9.90 Å². The number of hydrogen-bond donors (Lipinski definition) is 2. The second kappa shape index (κ2) is 6.16. The van der Waals surface area contributed by atoms with E-state index in [0.29, 0.717) is 12.0 Å². The van der Waals surface area contributed by atoms with Crippen molar-refractivity contribution in [2.75, 3.05) is 6.61 Å². The van der Waals surface area contributed by atoms with E-state index in [1.807, 2.05) is 20.8 Å². The fourth-order valence-corrected chi connectivity index (χ4v) is 1.81. The smallest absolute Gasteiger partial charge is 0.251 e. The summed E-state index contributed by atoms with van der Waals surface area (Å²) in [4.78, 5) is 15.9. The van der Waals surface area contributed by atoms with Crippen molar-refractivity contribution in [1.82, 2.24) is 10.3 Å². The Labute approximate surface area is 112 Å². The average Bonchev–Trinajstić information content (AvgIpc) is 2.27. The number of amides is 1. The maximum Gasteiger partial charge on any atom is 0.251 e. The lowest BCUT2D eigenvalue weighted by Gasteiger charge is -2.31. The molecule has 0 radical (unpaired) electrons. The zero-order valence-corrected chi connectivity index (χ0v) is 11.7. The number of carbonyl (C=O) groups is 1. The summed E-state index contributed by atoms with van der Waals surface area (Å²) in [6.45, 7) is 6.10. The molecule has 0 saturated carbocycles. The van der Waals surface area contributed by atoms with Crippen LogP contribution < -0.4 is 5.32 Å². The van der Waals surface area contributed by atoms with E-state index in [1.165, 1.54) is 12.3 Å². The van der Waals surface area contributed by atoms with Gasteiger partial charge in [0.2, 0.25) is 0 Å². The van der Waals surface area contributed by atoms with Gasteiger partial charge in [-0.3, -0.25) is 4.79 Å². The van der Waals surface area contributed by atoms with Gasteiger partial charge in [-0.05, 0) is 24.0 Å². The van der Waals surface area contributed by atoms with E-state index in [0.717, 1.165) is 0 Å². The number of halogens is 1. The van der Waals surface area contributed by atoms with Crippen molar-refractivity contribution in [3.8, 4) is 0 Å². The highest BCUT2D eigenvalue weighted by molar-refractivity contribution is 6.29. The van der Waals surface area contributed by atoms with E-state index in [2.05, 4.69) is 10.3 Å². The molecule has 4 nitrogen and oxygen atoms in total. The van der Waals surface area contributed by atoms with E-state index >= 15 is 0 Å². The maximum atomic E-state index is 12.0. The summed E-state index contributed by atoms with van der Waals surface area (Å²) < 4.78 is 0. The number of pyridine rings is 1. The van der Waals surface area contributed by atoms with Crippen LogP contribution in [0.3, 0.4) is 0 Å². The Bertz CT molecular complexity index is 416. The molecular formula is C13H19ClN2O2. The molecule has 1 aromatic heterocycles. The molecule has 100 valence electrons. The number of rotatable bonds is 4. The maximum absolute atomic E-state index is 12.0. The van der Waals surface area contributed by atoms with Gasteiger partial charge < -0.3 is 10.4 Å². The van der Waals surface area contributed by atoms with Gasteiger partial charge in [0.05, 0.1) is 0 Å². The standard InChI is InChI=1S/C13H19ClN2O2/c1-13(2,3)10(5-7-17)16-12(18)9-4-6-15-11(14)8-9/h4,6,8,10,17H,5,7H2,1-3H3,(H,16,18). The number of aromatic nitrogens is 1. The Hall–Kier alpha value is -1.13. The second-order valence-corrected chi connectivity index (χ2v) is 5.66. The van der Waals surface area contributed by atoms with Crippen molar-refractivity contribution in [3.05, 3.63) is 29.0 Å². The molecule has 5 heteroatoms. The number of carbonyl (C=O) groups excluding carboxylic acids is 1. The van der Waals surface area contributed by atoms with Gasteiger partial charge in [0.15, 0.2) is 0 Å². The van der Waals surface area contributed by atoms with Gasteiger partial charge >= 0.3 is 0 Å². The van der Waals surface area contributed by atoms with Gasteiger partial charge in [0.1, 0.15) is 5.15 Å². The highest BCUT2D eigenvalue weighted by Crippen LogP contribution is 2.22. The van der Waals surface area contributed by atoms with E-state index in [1.54, 1.807) is 6.07 Å². The average molecular weight is 271 g/mol. The number of aliphatic hydroxyl groups is 1. The first-order valence-corrected chi connectivity index (χ1v) is 6.25. The van der Waals surface area contributed by atoms with Crippen LogP contribution in [0.1, 0.15) is 37.6 Å². The van der Waals surface area contributed by atoms with Crippen LogP contribution in [0, 0.1) is 5.41 Å². The Balaban J connectivity index is 2.79. The third kappa shape index (κ3) is 4.27. The summed E-state index contributed by atoms with van der Waals surface area (Å²) in [7, 11) is 0. The molecule has 0 spiro atoms. The minimum Gasteiger partial charge on any atom is -0.396 e. The first-order chi connectivity index (χ1) is 8.34. The summed E-state index contributed by atoms with van der Waals surface area (Å²) >= 11 is 5.75. The Morgan fingerprint density at radius 2 is 2.22 bits per heavy atom. The van der Waals surface area contributed by atoms with Gasteiger partial charge in [-0.15, -0.1) is 0 Å². The molecule has 0 aromatic carbocycles. The molecule has 0 bridgehead atoms. The third-order valence-electron chi connectivity index (χ3n) is 2.76. The van der Waals surface area contributed by atoms with E-state index < -0.39 is 0 Å². The quantitative estimate of drug-likeness (QED) is 0.825. The lowest BCUT2D eigenvalue weighted by atomic mass is 9.85. The predicted molar refractivity (Wildman–Crippen MR) is 71.7 cm³/mol. The van der Waals surface area contributed by atoms with Gasteiger partial charge in [-0.1, -0.05) is 32.4 Å². The Kier molecular flexibility index (Phi) is 5.11. The second-order valence-electron chi connectivity index (χ2n) is 5.27. The molecule has 2 N–H and O–H groups in total. The van der Waals surface area contributed by atoms with Gasteiger partial charge in [-0.2, -0.15) is 0 Å². The zero-order chi connectivity index (χ0) is 13.8. The van der Waals surface area contributed by atoms with Gasteiger partial charge in [-0.25, -0.2) is 4.98 Å². The number of nitrogens with one attached hydrogen (secondary N) is 1. The van der Waals surface area contributed by atoms with Crippen molar-refractivity contribution >= 4 is 17.5 Å². The van der Waals surface area contributed by atoms with Crippen LogP contribution in [0.15, 0.2) is 18.3 Å². The van der Waals surface area contributed by atoms with Crippen molar-refractivity contribution in [2.45, 2.75) is 33.2 Å². The molecule has 1 atom stereocenters. The molecule has 1 heterocycles. The van der Waals surface area contributed by atoms with Crippen LogP contribution in [0.5, 0.6) is 0 Å². The molecule has 0 aliphatic rings. The summed E-state index contributed by atoms with van der Waals surface area (Å²) in [6.07, 6.45) is 2.02. The molecule has 0 aliphatic carbocycles. The van der Waals surface area contributed by atoms with E-state index in [4.69, 9.17) is 16.7 Å². The fraction of sp³-hybridized carbons (Fsp3) is 0.538. The molecule has 1 amide bonds. The molecule has 18 heavy (non-hydrogen) atoms. The van der Waals surface area contributed by atoms with Crippen molar-refractivity contribution in [1.29, 1.82) is 0 Å². The molecule has 0 fully saturated rings. The highest BCUT2D eigenvalue weighted by atomic mass is 35.5. The summed E-state index contributed by atoms with van der Waals surface area (Å²) in [6, 6.07) is 3.04. The monoisotopic (exact) mass is 270 g/mol. The SMILES string of the molecule is CC(C)(C)C(CCO)NC(=O)c1ccnc(Cl)c1. The van der Waals surface area contributed by atoms with Crippen LogP contribution in [0.25, 0.3) is 0 Å². The molecule has 0 aliphatic heterocycles. The Morgan fingerprint density at radius 1 is 1.56 bits per heavy atom. The number of hydrogen-bond acceptors (Lipinski definition) is 3. The summed E-state index contributed by atoms with van der Waals surface area (Å²) in [5, 5.41) is 12.3. The minimum atomic E-state index is -0.201.